The van der Waals surface area contributed by atoms with Crippen LogP contribution < -0.4 is 10.2 Å². The molecule has 1 saturated heterocycles. The lowest BCUT2D eigenvalue weighted by Crippen LogP contribution is -2.26. The molecule has 0 unspecified atom stereocenters. The van der Waals surface area contributed by atoms with Gasteiger partial charge in [0.25, 0.3) is 0 Å². The molecule has 0 spiro atoms. The molecule has 0 radical (unpaired) electrons. The van der Waals surface area contributed by atoms with Crippen LogP contribution in [-0.4, -0.2) is 29.1 Å². The highest BCUT2D eigenvalue weighted by Gasteiger charge is 2.28. The Balaban J connectivity index is 1.43. The van der Waals surface area contributed by atoms with Gasteiger partial charge < -0.3 is 10.2 Å². The van der Waals surface area contributed by atoms with Gasteiger partial charge in [0.2, 0.25) is 0 Å². The number of aromatic nitrogens is 2. The molecular weight excluding hydrogens is 340 g/mol. The molecule has 1 aromatic carbocycles. The van der Waals surface area contributed by atoms with Gasteiger partial charge in [0, 0.05) is 29.7 Å². The average Bonchev–Trinajstić information content (AvgIpc) is 3.26. The Hall–Kier alpha value is -2.14. The minimum Gasteiger partial charge on any atom is -0.380 e. The number of rotatable bonds is 3. The zero-order valence-electron chi connectivity index (χ0n) is 15.1. The molecule has 0 bridgehead atoms. The fourth-order valence-electron chi connectivity index (χ4n) is 4.34. The molecule has 5 rings (SSSR count). The Morgan fingerprint density at radius 3 is 2.92 bits per heavy atom. The normalized spacial score (nSPS) is 22.6. The monoisotopic (exact) mass is 364 g/mol. The van der Waals surface area contributed by atoms with Crippen LogP contribution in [0, 0.1) is 5.92 Å². The zero-order valence-corrected chi connectivity index (χ0v) is 15.9. The van der Waals surface area contributed by atoms with E-state index in [9.17, 15) is 0 Å². The third-order valence-electron chi connectivity index (χ3n) is 5.70. The number of nitrogens with one attached hydrogen (secondary N) is 1. The Bertz CT molecular complexity index is 920. The number of para-hydroxylation sites is 1. The third kappa shape index (κ3) is 2.84. The SMILES string of the molecule is C[C@@H]1CCc2c(sc3ncnc(N4CC[C@H](Nc5ccccc5)C4)c23)C1. The van der Waals surface area contributed by atoms with Crippen molar-refractivity contribution in [2.24, 2.45) is 5.92 Å². The molecule has 3 heterocycles. The molecule has 26 heavy (non-hydrogen) atoms. The molecule has 134 valence electrons. The number of aryl methyl sites for hydroxylation is 1. The lowest BCUT2D eigenvalue weighted by Gasteiger charge is -2.21. The second-order valence-corrected chi connectivity index (χ2v) is 8.75. The molecule has 5 heteroatoms. The minimum atomic E-state index is 0.469. The number of nitrogens with zero attached hydrogens (tertiary/aromatic N) is 3. The molecule has 2 aromatic heterocycles. The third-order valence-corrected chi connectivity index (χ3v) is 6.87. The van der Waals surface area contributed by atoms with E-state index in [-0.39, 0.29) is 0 Å². The molecule has 3 aromatic rings. The summed E-state index contributed by atoms with van der Waals surface area (Å²) < 4.78 is 0. The molecule has 1 N–H and O–H groups in total. The predicted octanol–water partition coefficient (Wildman–Crippen LogP) is 4.51. The maximum Gasteiger partial charge on any atom is 0.141 e. The first kappa shape index (κ1) is 16.1. The van der Waals surface area contributed by atoms with Crippen LogP contribution in [0.25, 0.3) is 10.2 Å². The van der Waals surface area contributed by atoms with E-state index in [0.29, 0.717) is 6.04 Å². The highest BCUT2D eigenvalue weighted by Crippen LogP contribution is 2.41. The molecule has 0 amide bonds. The summed E-state index contributed by atoms with van der Waals surface area (Å²) in [6.45, 7) is 4.42. The molecule has 4 nitrogen and oxygen atoms in total. The fourth-order valence-corrected chi connectivity index (χ4v) is 5.68. The summed E-state index contributed by atoms with van der Waals surface area (Å²) in [5.74, 6) is 1.94. The van der Waals surface area contributed by atoms with Gasteiger partial charge in [-0.2, -0.15) is 0 Å². The summed E-state index contributed by atoms with van der Waals surface area (Å²) >= 11 is 1.89. The standard InChI is InChI=1S/C21H24N4S/c1-14-7-8-17-18(11-14)26-21-19(17)20(22-13-23-21)25-10-9-16(12-25)24-15-5-3-2-4-6-15/h2-6,13-14,16,24H,7-12H2,1H3/t14-,16+/m1/s1. The maximum atomic E-state index is 4.72. The van der Waals surface area contributed by atoms with Crippen molar-refractivity contribution in [3.8, 4) is 0 Å². The number of hydrogen-bond acceptors (Lipinski definition) is 5. The first-order valence-electron chi connectivity index (χ1n) is 9.59. The number of hydrogen-bond donors (Lipinski definition) is 1. The molecule has 2 aliphatic rings. The van der Waals surface area contributed by atoms with E-state index >= 15 is 0 Å². The van der Waals surface area contributed by atoms with Crippen LogP contribution in [0.2, 0.25) is 0 Å². The molecule has 1 aliphatic heterocycles. The topological polar surface area (TPSA) is 41.1 Å². The number of benzene rings is 1. The Morgan fingerprint density at radius 2 is 2.04 bits per heavy atom. The van der Waals surface area contributed by atoms with Crippen LogP contribution in [0.4, 0.5) is 11.5 Å². The van der Waals surface area contributed by atoms with Crippen molar-refractivity contribution in [2.75, 3.05) is 23.3 Å². The van der Waals surface area contributed by atoms with Crippen molar-refractivity contribution >= 4 is 33.1 Å². The maximum absolute atomic E-state index is 4.72. The lowest BCUT2D eigenvalue weighted by atomic mass is 9.89. The number of fused-ring (bicyclic) bond motifs is 3. The summed E-state index contributed by atoms with van der Waals surface area (Å²) in [7, 11) is 0. The van der Waals surface area contributed by atoms with Crippen molar-refractivity contribution in [3.05, 3.63) is 47.1 Å². The summed E-state index contributed by atoms with van der Waals surface area (Å²) in [5, 5.41) is 5.00. The summed E-state index contributed by atoms with van der Waals surface area (Å²) in [4.78, 5) is 14.5. The largest absolute Gasteiger partial charge is 0.380 e. The van der Waals surface area contributed by atoms with Gasteiger partial charge in [-0.1, -0.05) is 25.1 Å². The predicted molar refractivity (Wildman–Crippen MR) is 109 cm³/mol. The zero-order chi connectivity index (χ0) is 17.5. The van der Waals surface area contributed by atoms with Crippen molar-refractivity contribution < 1.29 is 0 Å². The van der Waals surface area contributed by atoms with Crippen LogP contribution in [0.1, 0.15) is 30.2 Å². The quantitative estimate of drug-likeness (QED) is 0.742. The molecule has 0 saturated carbocycles. The molecule has 2 atom stereocenters. The van der Waals surface area contributed by atoms with E-state index in [1.54, 1.807) is 11.2 Å². The van der Waals surface area contributed by atoms with Crippen LogP contribution in [0.3, 0.4) is 0 Å². The number of anilines is 2. The Kier molecular flexibility index (Phi) is 4.04. The number of thiophene rings is 1. The van der Waals surface area contributed by atoms with Gasteiger partial charge in [-0.05, 0) is 49.3 Å². The van der Waals surface area contributed by atoms with E-state index in [2.05, 4.69) is 52.5 Å². The molecular formula is C21H24N4S. The van der Waals surface area contributed by atoms with Crippen LogP contribution in [0.15, 0.2) is 36.7 Å². The van der Waals surface area contributed by atoms with Gasteiger partial charge in [0.05, 0.1) is 5.39 Å². The van der Waals surface area contributed by atoms with Gasteiger partial charge >= 0.3 is 0 Å². The molecule has 1 fully saturated rings. The van der Waals surface area contributed by atoms with E-state index < -0.39 is 0 Å². The van der Waals surface area contributed by atoms with Crippen molar-refractivity contribution in [3.63, 3.8) is 0 Å². The van der Waals surface area contributed by atoms with E-state index in [1.165, 1.54) is 40.7 Å². The summed E-state index contributed by atoms with van der Waals surface area (Å²) in [5.41, 5.74) is 2.73. The van der Waals surface area contributed by atoms with Crippen LogP contribution in [-0.2, 0) is 12.8 Å². The van der Waals surface area contributed by atoms with Gasteiger partial charge in [0.15, 0.2) is 0 Å². The van der Waals surface area contributed by atoms with Crippen LogP contribution in [0.5, 0.6) is 0 Å². The van der Waals surface area contributed by atoms with Gasteiger partial charge in [0.1, 0.15) is 17.0 Å². The average molecular weight is 365 g/mol. The first-order valence-corrected chi connectivity index (χ1v) is 10.4. The van der Waals surface area contributed by atoms with E-state index in [0.717, 1.165) is 31.2 Å². The fraction of sp³-hybridized carbons (Fsp3) is 0.429. The smallest absolute Gasteiger partial charge is 0.141 e. The molecule has 1 aliphatic carbocycles. The lowest BCUT2D eigenvalue weighted by molar-refractivity contribution is 0.509. The second-order valence-electron chi connectivity index (χ2n) is 7.67. The van der Waals surface area contributed by atoms with Crippen LogP contribution >= 0.6 is 11.3 Å². The van der Waals surface area contributed by atoms with Crippen molar-refractivity contribution in [1.29, 1.82) is 0 Å². The minimum absolute atomic E-state index is 0.469. The Labute approximate surface area is 158 Å². The van der Waals surface area contributed by atoms with Gasteiger partial charge in [-0.15, -0.1) is 11.3 Å². The second kappa shape index (κ2) is 6.54. The van der Waals surface area contributed by atoms with Crippen molar-refractivity contribution in [2.45, 2.75) is 38.6 Å². The highest BCUT2D eigenvalue weighted by molar-refractivity contribution is 7.19. The van der Waals surface area contributed by atoms with Gasteiger partial charge in [-0.25, -0.2) is 9.97 Å². The Morgan fingerprint density at radius 1 is 1.15 bits per heavy atom. The van der Waals surface area contributed by atoms with E-state index in [4.69, 9.17) is 4.98 Å². The van der Waals surface area contributed by atoms with Gasteiger partial charge in [-0.3, -0.25) is 0 Å². The summed E-state index contributed by atoms with van der Waals surface area (Å²) in [6, 6.07) is 11.0. The first-order chi connectivity index (χ1) is 12.8. The highest BCUT2D eigenvalue weighted by atomic mass is 32.1. The van der Waals surface area contributed by atoms with Crippen molar-refractivity contribution in [1.82, 2.24) is 9.97 Å². The van der Waals surface area contributed by atoms with E-state index in [1.807, 2.05) is 11.3 Å². The summed E-state index contributed by atoms with van der Waals surface area (Å²) in [6.07, 6.45) is 6.56.